The lowest BCUT2D eigenvalue weighted by Gasteiger charge is -2.25. The second-order valence-electron chi connectivity index (χ2n) is 6.87. The van der Waals surface area contributed by atoms with Gasteiger partial charge in [-0.1, -0.05) is 50.2 Å². The highest BCUT2D eigenvalue weighted by Crippen LogP contribution is 2.32. The molecule has 1 heterocycles. The van der Waals surface area contributed by atoms with Gasteiger partial charge in [0.1, 0.15) is 13.2 Å². The van der Waals surface area contributed by atoms with Crippen LogP contribution in [0.2, 0.25) is 0 Å². The average molecular weight is 354 g/mol. The Labute approximate surface area is 154 Å². The zero-order valence-corrected chi connectivity index (χ0v) is 15.5. The molecule has 2 atom stereocenters. The van der Waals surface area contributed by atoms with Crippen LogP contribution < -0.4 is 20.1 Å². The van der Waals surface area contributed by atoms with Gasteiger partial charge in [0.2, 0.25) is 0 Å². The largest absolute Gasteiger partial charge is 0.486 e. The van der Waals surface area contributed by atoms with Crippen molar-refractivity contribution >= 4 is 6.03 Å². The van der Waals surface area contributed by atoms with Gasteiger partial charge in [-0.25, -0.2) is 4.79 Å². The molecule has 5 heteroatoms. The number of benzene rings is 2. The molecule has 2 aromatic carbocycles. The summed E-state index contributed by atoms with van der Waals surface area (Å²) in [6.07, 6.45) is 0. The van der Waals surface area contributed by atoms with Crippen LogP contribution >= 0.6 is 0 Å². The van der Waals surface area contributed by atoms with Crippen LogP contribution in [-0.2, 0) is 0 Å². The summed E-state index contributed by atoms with van der Waals surface area (Å²) in [4.78, 5) is 12.5. The van der Waals surface area contributed by atoms with Crippen molar-refractivity contribution in [1.29, 1.82) is 0 Å². The topological polar surface area (TPSA) is 59.6 Å². The molecule has 0 aliphatic carbocycles. The molecule has 5 nitrogen and oxygen atoms in total. The zero-order chi connectivity index (χ0) is 18.5. The maximum atomic E-state index is 12.5. The van der Waals surface area contributed by atoms with Gasteiger partial charge in [-0.05, 0) is 36.1 Å². The van der Waals surface area contributed by atoms with Crippen molar-refractivity contribution < 1.29 is 14.3 Å². The molecule has 0 saturated carbocycles. The fraction of sp³-hybridized carbons (Fsp3) is 0.381. The van der Waals surface area contributed by atoms with Crippen LogP contribution in [0.3, 0.4) is 0 Å². The molecule has 0 unspecified atom stereocenters. The van der Waals surface area contributed by atoms with E-state index in [9.17, 15) is 4.79 Å². The Balaban J connectivity index is 1.65. The summed E-state index contributed by atoms with van der Waals surface area (Å²) < 4.78 is 11.2. The summed E-state index contributed by atoms with van der Waals surface area (Å²) in [7, 11) is 0. The van der Waals surface area contributed by atoms with Crippen molar-refractivity contribution in [3.05, 3.63) is 59.7 Å². The van der Waals surface area contributed by atoms with Crippen LogP contribution in [0.1, 0.15) is 44.0 Å². The molecule has 0 bridgehead atoms. The molecule has 138 valence electrons. The molecular formula is C21H26N2O3. The molecule has 2 amide bonds. The van der Waals surface area contributed by atoms with Gasteiger partial charge in [0.05, 0.1) is 12.1 Å². The Kier molecular flexibility index (Phi) is 5.66. The predicted octanol–water partition coefficient (Wildman–Crippen LogP) is 4.22. The Morgan fingerprint density at radius 1 is 0.885 bits per heavy atom. The van der Waals surface area contributed by atoms with Crippen molar-refractivity contribution in [2.24, 2.45) is 5.92 Å². The van der Waals surface area contributed by atoms with Crippen LogP contribution in [-0.4, -0.2) is 19.2 Å². The summed E-state index contributed by atoms with van der Waals surface area (Å²) >= 11 is 0. The second-order valence-corrected chi connectivity index (χ2v) is 6.87. The molecule has 0 fully saturated rings. The van der Waals surface area contributed by atoms with Crippen molar-refractivity contribution in [3.63, 3.8) is 0 Å². The van der Waals surface area contributed by atoms with E-state index in [4.69, 9.17) is 9.47 Å². The number of fused-ring (bicyclic) bond motifs is 1. The zero-order valence-electron chi connectivity index (χ0n) is 15.5. The van der Waals surface area contributed by atoms with Crippen molar-refractivity contribution in [1.82, 2.24) is 10.6 Å². The first-order valence-corrected chi connectivity index (χ1v) is 9.06. The lowest BCUT2D eigenvalue weighted by Crippen LogP contribution is -2.40. The van der Waals surface area contributed by atoms with E-state index in [2.05, 4.69) is 24.5 Å². The number of carbonyl (C=O) groups excluding carboxylic acids is 1. The summed E-state index contributed by atoms with van der Waals surface area (Å²) in [6.45, 7) is 7.27. The highest BCUT2D eigenvalue weighted by Gasteiger charge is 2.20. The Morgan fingerprint density at radius 2 is 1.58 bits per heavy atom. The van der Waals surface area contributed by atoms with E-state index in [1.807, 2.05) is 55.5 Å². The predicted molar refractivity (Wildman–Crippen MR) is 102 cm³/mol. The van der Waals surface area contributed by atoms with Crippen LogP contribution in [0.5, 0.6) is 11.5 Å². The van der Waals surface area contributed by atoms with Gasteiger partial charge >= 0.3 is 6.03 Å². The van der Waals surface area contributed by atoms with Gasteiger partial charge in [0.25, 0.3) is 0 Å². The number of hydrogen-bond acceptors (Lipinski definition) is 3. The van der Waals surface area contributed by atoms with Gasteiger partial charge in [-0.15, -0.1) is 0 Å². The van der Waals surface area contributed by atoms with Gasteiger partial charge in [0.15, 0.2) is 11.5 Å². The van der Waals surface area contributed by atoms with Gasteiger partial charge in [-0.2, -0.15) is 0 Å². The SMILES string of the molecule is CC(C)[C@H](NC(=O)N[C@@H](C)c1ccc2c(c1)OCCO2)c1ccccc1. The molecule has 1 aliphatic rings. The van der Waals surface area contributed by atoms with Crippen LogP contribution in [0.25, 0.3) is 0 Å². The number of nitrogens with one attached hydrogen (secondary N) is 2. The van der Waals surface area contributed by atoms with Gasteiger partial charge in [0, 0.05) is 0 Å². The molecule has 26 heavy (non-hydrogen) atoms. The maximum absolute atomic E-state index is 12.5. The highest BCUT2D eigenvalue weighted by atomic mass is 16.6. The molecule has 0 spiro atoms. The van der Waals surface area contributed by atoms with Crippen molar-refractivity contribution in [2.45, 2.75) is 32.9 Å². The second kappa shape index (κ2) is 8.13. The first-order valence-electron chi connectivity index (χ1n) is 9.06. The summed E-state index contributed by atoms with van der Waals surface area (Å²) in [5, 5.41) is 6.10. The fourth-order valence-corrected chi connectivity index (χ4v) is 3.09. The molecule has 0 radical (unpaired) electrons. The minimum Gasteiger partial charge on any atom is -0.486 e. The third-order valence-corrected chi connectivity index (χ3v) is 4.53. The number of rotatable bonds is 5. The maximum Gasteiger partial charge on any atom is 0.315 e. The van der Waals surface area contributed by atoms with E-state index in [-0.39, 0.29) is 24.0 Å². The molecule has 0 aromatic heterocycles. The van der Waals surface area contributed by atoms with Gasteiger partial charge < -0.3 is 20.1 Å². The fourth-order valence-electron chi connectivity index (χ4n) is 3.09. The molecule has 3 rings (SSSR count). The van der Waals surface area contributed by atoms with E-state index in [1.54, 1.807) is 0 Å². The van der Waals surface area contributed by atoms with E-state index in [0.29, 0.717) is 13.2 Å². The van der Waals surface area contributed by atoms with E-state index < -0.39 is 0 Å². The Morgan fingerprint density at radius 3 is 2.27 bits per heavy atom. The third-order valence-electron chi connectivity index (χ3n) is 4.53. The molecule has 2 aromatic rings. The standard InChI is InChI=1S/C21H26N2O3/c1-14(2)20(16-7-5-4-6-8-16)23-21(24)22-15(3)17-9-10-18-19(13-17)26-12-11-25-18/h4-10,13-15,20H,11-12H2,1-3H3,(H2,22,23,24)/t15-,20-/m0/s1. The number of hydrogen-bond donors (Lipinski definition) is 2. The third kappa shape index (κ3) is 4.28. The number of ether oxygens (including phenoxy) is 2. The average Bonchev–Trinajstić information content (AvgIpc) is 2.66. The number of amides is 2. The molecule has 1 aliphatic heterocycles. The lowest BCUT2D eigenvalue weighted by molar-refractivity contribution is 0.171. The first-order chi connectivity index (χ1) is 12.5. The van der Waals surface area contributed by atoms with E-state index in [0.717, 1.165) is 22.6 Å². The smallest absolute Gasteiger partial charge is 0.315 e. The molecule has 2 N–H and O–H groups in total. The van der Waals surface area contributed by atoms with E-state index >= 15 is 0 Å². The lowest BCUT2D eigenvalue weighted by atomic mass is 9.96. The Bertz CT molecular complexity index is 746. The summed E-state index contributed by atoms with van der Waals surface area (Å²) in [5.41, 5.74) is 2.08. The van der Waals surface area contributed by atoms with Crippen LogP contribution in [0.4, 0.5) is 4.79 Å². The molecule has 0 saturated heterocycles. The normalized spacial score (nSPS) is 15.2. The van der Waals surface area contributed by atoms with Crippen LogP contribution in [0.15, 0.2) is 48.5 Å². The Hall–Kier alpha value is -2.69. The summed E-state index contributed by atoms with van der Waals surface area (Å²) in [6, 6.07) is 15.4. The summed E-state index contributed by atoms with van der Waals surface area (Å²) in [5.74, 6) is 1.76. The molecular weight excluding hydrogens is 328 g/mol. The van der Waals surface area contributed by atoms with Crippen molar-refractivity contribution in [2.75, 3.05) is 13.2 Å². The van der Waals surface area contributed by atoms with E-state index in [1.165, 1.54) is 0 Å². The van der Waals surface area contributed by atoms with Crippen LogP contribution in [0, 0.1) is 5.92 Å². The minimum atomic E-state index is -0.185. The first kappa shape index (κ1) is 18.1. The quantitative estimate of drug-likeness (QED) is 0.845. The number of carbonyl (C=O) groups is 1. The highest BCUT2D eigenvalue weighted by molar-refractivity contribution is 5.75. The monoisotopic (exact) mass is 354 g/mol. The number of urea groups is 1. The van der Waals surface area contributed by atoms with Crippen molar-refractivity contribution in [3.8, 4) is 11.5 Å². The minimum absolute atomic E-state index is 0.0383. The van der Waals surface area contributed by atoms with Gasteiger partial charge in [-0.3, -0.25) is 0 Å².